The molecule has 1 saturated heterocycles. The molecule has 0 saturated carbocycles. The maximum absolute atomic E-state index is 12.6. The predicted molar refractivity (Wildman–Crippen MR) is 113 cm³/mol. The Hall–Kier alpha value is -3.48. The second-order valence-corrected chi connectivity index (χ2v) is 7.23. The third kappa shape index (κ3) is 4.68. The van der Waals surface area contributed by atoms with Crippen LogP contribution in [0.4, 0.5) is 11.6 Å². The average molecular weight is 388 g/mol. The van der Waals surface area contributed by atoms with Crippen LogP contribution in [0, 0.1) is 6.92 Å². The van der Waals surface area contributed by atoms with Gasteiger partial charge in [0.2, 0.25) is 5.91 Å². The standard InChI is InChI=1S/C22H24N6O/c1-16-4-2-9-25-22(16)27-20-12-17(8-10-24-20)18-5-3-11-28(14-18)21(29)7-6-19-13-23-15-26-19/h2,4,6-10,12-13,15,18H,3,5,11,14H2,1H3,(H,23,26)(H,24,25,27). The van der Waals surface area contributed by atoms with Crippen molar-refractivity contribution in [2.24, 2.45) is 0 Å². The molecule has 0 radical (unpaired) electrons. The second kappa shape index (κ2) is 8.68. The summed E-state index contributed by atoms with van der Waals surface area (Å²) in [5.74, 6) is 1.90. The van der Waals surface area contributed by atoms with Crippen molar-refractivity contribution >= 4 is 23.6 Å². The number of aryl methyl sites for hydroxylation is 1. The van der Waals surface area contributed by atoms with Gasteiger partial charge in [0.25, 0.3) is 0 Å². The van der Waals surface area contributed by atoms with Crippen LogP contribution in [-0.2, 0) is 4.79 Å². The topological polar surface area (TPSA) is 86.8 Å². The maximum Gasteiger partial charge on any atom is 0.246 e. The number of H-pyrrole nitrogens is 1. The Bertz CT molecular complexity index is 998. The summed E-state index contributed by atoms with van der Waals surface area (Å²) in [6.07, 6.45) is 12.3. The number of carbonyl (C=O) groups is 1. The second-order valence-electron chi connectivity index (χ2n) is 7.23. The highest BCUT2D eigenvalue weighted by atomic mass is 16.2. The molecule has 7 nitrogen and oxygen atoms in total. The highest BCUT2D eigenvalue weighted by Crippen LogP contribution is 2.28. The third-order valence-electron chi connectivity index (χ3n) is 5.17. The lowest BCUT2D eigenvalue weighted by Crippen LogP contribution is -2.38. The van der Waals surface area contributed by atoms with Gasteiger partial charge in [0, 0.05) is 37.5 Å². The fourth-order valence-electron chi connectivity index (χ4n) is 3.58. The number of amides is 1. The van der Waals surface area contributed by atoms with Crippen molar-refractivity contribution in [2.75, 3.05) is 18.4 Å². The van der Waals surface area contributed by atoms with Gasteiger partial charge in [0.05, 0.1) is 18.2 Å². The molecule has 29 heavy (non-hydrogen) atoms. The number of imidazole rings is 1. The van der Waals surface area contributed by atoms with Gasteiger partial charge in [-0.05, 0) is 55.2 Å². The number of nitrogens with zero attached hydrogens (tertiary/aromatic N) is 4. The van der Waals surface area contributed by atoms with Crippen LogP contribution in [0.1, 0.15) is 35.6 Å². The fourth-order valence-corrected chi connectivity index (χ4v) is 3.58. The molecule has 0 aliphatic carbocycles. The van der Waals surface area contributed by atoms with E-state index in [1.54, 1.807) is 30.9 Å². The number of pyridine rings is 2. The summed E-state index contributed by atoms with van der Waals surface area (Å²) < 4.78 is 0. The first-order valence-electron chi connectivity index (χ1n) is 9.79. The highest BCUT2D eigenvalue weighted by Gasteiger charge is 2.24. The molecule has 7 heteroatoms. The van der Waals surface area contributed by atoms with E-state index in [4.69, 9.17) is 0 Å². The van der Waals surface area contributed by atoms with E-state index in [-0.39, 0.29) is 5.91 Å². The lowest BCUT2D eigenvalue weighted by Gasteiger charge is -2.32. The molecule has 1 unspecified atom stereocenters. The Morgan fingerprint density at radius 1 is 1.31 bits per heavy atom. The molecule has 1 aliphatic rings. The quantitative estimate of drug-likeness (QED) is 0.651. The van der Waals surface area contributed by atoms with Crippen molar-refractivity contribution in [3.63, 3.8) is 0 Å². The summed E-state index contributed by atoms with van der Waals surface area (Å²) in [6, 6.07) is 8.03. The molecule has 4 rings (SSSR count). The minimum atomic E-state index is 0.0285. The number of rotatable bonds is 5. The van der Waals surface area contributed by atoms with Gasteiger partial charge in [0.1, 0.15) is 11.6 Å². The number of hydrogen-bond acceptors (Lipinski definition) is 5. The van der Waals surface area contributed by atoms with Crippen LogP contribution < -0.4 is 5.32 Å². The van der Waals surface area contributed by atoms with Gasteiger partial charge in [-0.15, -0.1) is 0 Å². The molecule has 0 spiro atoms. The summed E-state index contributed by atoms with van der Waals surface area (Å²) >= 11 is 0. The van der Waals surface area contributed by atoms with Gasteiger partial charge in [0.15, 0.2) is 0 Å². The zero-order valence-corrected chi connectivity index (χ0v) is 16.4. The molecule has 3 aromatic rings. The van der Waals surface area contributed by atoms with Crippen LogP contribution in [0.2, 0.25) is 0 Å². The Kier molecular flexibility index (Phi) is 5.65. The number of piperidine rings is 1. The van der Waals surface area contributed by atoms with E-state index in [1.165, 1.54) is 5.56 Å². The Balaban J connectivity index is 1.44. The number of hydrogen-bond donors (Lipinski definition) is 2. The average Bonchev–Trinajstić information content (AvgIpc) is 3.28. The number of nitrogens with one attached hydrogen (secondary N) is 2. The van der Waals surface area contributed by atoms with Crippen molar-refractivity contribution in [1.82, 2.24) is 24.8 Å². The zero-order valence-electron chi connectivity index (χ0n) is 16.4. The first kappa shape index (κ1) is 18.9. The van der Waals surface area contributed by atoms with E-state index < -0.39 is 0 Å². The highest BCUT2D eigenvalue weighted by molar-refractivity contribution is 5.91. The fraction of sp³-hybridized carbons (Fsp3) is 0.273. The van der Waals surface area contributed by atoms with E-state index in [0.29, 0.717) is 12.5 Å². The largest absolute Gasteiger partial charge is 0.345 e. The number of likely N-dealkylation sites (tertiary alicyclic amines) is 1. The van der Waals surface area contributed by atoms with Crippen molar-refractivity contribution in [3.05, 3.63) is 72.1 Å². The normalized spacial score (nSPS) is 16.9. The molecular weight excluding hydrogens is 364 g/mol. The molecule has 2 N–H and O–H groups in total. The van der Waals surface area contributed by atoms with Crippen LogP contribution >= 0.6 is 0 Å². The summed E-state index contributed by atoms with van der Waals surface area (Å²) in [5, 5.41) is 3.30. The van der Waals surface area contributed by atoms with Gasteiger partial charge in [-0.2, -0.15) is 0 Å². The van der Waals surface area contributed by atoms with E-state index in [1.807, 2.05) is 36.2 Å². The Labute approximate surface area is 169 Å². The lowest BCUT2D eigenvalue weighted by molar-refractivity contribution is -0.127. The minimum Gasteiger partial charge on any atom is -0.345 e. The summed E-state index contributed by atoms with van der Waals surface area (Å²) in [7, 11) is 0. The molecule has 0 aromatic carbocycles. The number of carbonyl (C=O) groups excluding carboxylic acids is 1. The predicted octanol–water partition coefficient (Wildman–Crippen LogP) is 3.67. The molecule has 3 aromatic heterocycles. The maximum atomic E-state index is 12.6. The first-order chi connectivity index (χ1) is 14.2. The van der Waals surface area contributed by atoms with Crippen LogP contribution in [0.3, 0.4) is 0 Å². The first-order valence-corrected chi connectivity index (χ1v) is 9.79. The van der Waals surface area contributed by atoms with Crippen LogP contribution in [0.25, 0.3) is 6.08 Å². The van der Waals surface area contributed by atoms with Gasteiger partial charge < -0.3 is 15.2 Å². The summed E-state index contributed by atoms with van der Waals surface area (Å²) in [4.78, 5) is 30.2. The monoisotopic (exact) mass is 388 g/mol. The molecular formula is C22H24N6O. The molecule has 148 valence electrons. The molecule has 1 atom stereocenters. The van der Waals surface area contributed by atoms with Crippen molar-refractivity contribution in [2.45, 2.75) is 25.7 Å². The molecule has 0 bridgehead atoms. The van der Waals surface area contributed by atoms with Crippen molar-refractivity contribution < 1.29 is 4.79 Å². The SMILES string of the molecule is Cc1cccnc1Nc1cc(C2CCCN(C(=O)C=Cc3cnc[nH]3)C2)ccn1. The van der Waals surface area contributed by atoms with Crippen LogP contribution in [-0.4, -0.2) is 43.8 Å². The van der Waals surface area contributed by atoms with E-state index in [2.05, 4.69) is 31.3 Å². The Morgan fingerprint density at radius 3 is 3.07 bits per heavy atom. The number of aromatic amines is 1. The zero-order chi connectivity index (χ0) is 20.1. The number of anilines is 2. The van der Waals surface area contributed by atoms with Gasteiger partial charge in [-0.1, -0.05) is 6.07 Å². The molecule has 1 fully saturated rings. The molecule has 1 amide bonds. The lowest BCUT2D eigenvalue weighted by atomic mass is 9.91. The van der Waals surface area contributed by atoms with E-state index in [9.17, 15) is 4.79 Å². The molecule has 4 heterocycles. The molecule has 1 aliphatic heterocycles. The summed E-state index contributed by atoms with van der Waals surface area (Å²) in [5.41, 5.74) is 3.07. The summed E-state index contributed by atoms with van der Waals surface area (Å²) in [6.45, 7) is 3.50. The minimum absolute atomic E-state index is 0.0285. The van der Waals surface area contributed by atoms with E-state index >= 15 is 0 Å². The van der Waals surface area contributed by atoms with Gasteiger partial charge in [-0.3, -0.25) is 4.79 Å². The smallest absolute Gasteiger partial charge is 0.246 e. The van der Waals surface area contributed by atoms with Crippen LogP contribution in [0.15, 0.2) is 55.3 Å². The van der Waals surface area contributed by atoms with Crippen LogP contribution in [0.5, 0.6) is 0 Å². The van der Waals surface area contributed by atoms with Crippen molar-refractivity contribution in [3.8, 4) is 0 Å². The van der Waals surface area contributed by atoms with E-state index in [0.717, 1.165) is 42.3 Å². The van der Waals surface area contributed by atoms with Gasteiger partial charge >= 0.3 is 0 Å². The van der Waals surface area contributed by atoms with Gasteiger partial charge in [-0.25, -0.2) is 15.0 Å². The van der Waals surface area contributed by atoms with Crippen molar-refractivity contribution in [1.29, 1.82) is 0 Å². The number of aromatic nitrogens is 4. The Morgan fingerprint density at radius 2 is 2.24 bits per heavy atom. The third-order valence-corrected chi connectivity index (χ3v) is 5.17.